The molecule has 1 aromatic rings. The van der Waals surface area contributed by atoms with Crippen LogP contribution in [0.2, 0.25) is 0 Å². The lowest BCUT2D eigenvalue weighted by Gasteiger charge is -2.26. The van der Waals surface area contributed by atoms with Crippen LogP contribution in [0.4, 0.5) is 5.69 Å². The molecule has 24 heavy (non-hydrogen) atoms. The summed E-state index contributed by atoms with van der Waals surface area (Å²) in [6, 6.07) is 8.82. The number of nitrogens with zero attached hydrogens (tertiary/aromatic N) is 2. The summed E-state index contributed by atoms with van der Waals surface area (Å²) < 4.78 is 0. The zero-order valence-corrected chi connectivity index (χ0v) is 16.2. The van der Waals surface area contributed by atoms with Gasteiger partial charge in [-0.15, -0.1) is 24.8 Å². The average Bonchev–Trinajstić information content (AvgIpc) is 3.20. The summed E-state index contributed by atoms with van der Waals surface area (Å²) in [7, 11) is 4.11. The Hall–Kier alpha value is -0.970. The fraction of sp³-hybridized carbons (Fsp3) is 0.611. The summed E-state index contributed by atoms with van der Waals surface area (Å²) in [4.78, 5) is 16.7. The first-order chi connectivity index (χ1) is 10.6. The fourth-order valence-electron chi connectivity index (χ4n) is 3.23. The van der Waals surface area contributed by atoms with Gasteiger partial charge in [-0.3, -0.25) is 4.79 Å². The maximum Gasteiger partial charge on any atom is 0.237 e. The van der Waals surface area contributed by atoms with Crippen LogP contribution in [0.15, 0.2) is 24.3 Å². The van der Waals surface area contributed by atoms with Crippen LogP contribution in [-0.4, -0.2) is 44.5 Å². The molecule has 4 nitrogen and oxygen atoms in total. The molecule has 6 heteroatoms. The van der Waals surface area contributed by atoms with E-state index in [0.29, 0.717) is 6.54 Å². The predicted octanol–water partition coefficient (Wildman–Crippen LogP) is 3.26. The van der Waals surface area contributed by atoms with E-state index in [9.17, 15) is 4.79 Å². The van der Waals surface area contributed by atoms with Crippen LogP contribution < -0.4 is 10.2 Å². The lowest BCUT2D eigenvalue weighted by atomic mass is 10.0. The second-order valence-corrected chi connectivity index (χ2v) is 6.81. The van der Waals surface area contributed by atoms with E-state index in [1.54, 1.807) is 0 Å². The Kier molecular flexibility index (Phi) is 8.34. The van der Waals surface area contributed by atoms with Gasteiger partial charge in [-0.25, -0.2) is 0 Å². The Labute approximate surface area is 157 Å². The van der Waals surface area contributed by atoms with Gasteiger partial charge in [0, 0.05) is 26.3 Å². The number of hydrogen-bond donors (Lipinski definition) is 1. The van der Waals surface area contributed by atoms with Gasteiger partial charge in [0.2, 0.25) is 5.91 Å². The maximum absolute atomic E-state index is 12.5. The molecule has 3 rings (SSSR count). The SMILES string of the molecule is CN(C)c1cccc(C2CCCN2C(=O)CNCC2CC2)c1.Cl.Cl. The summed E-state index contributed by atoms with van der Waals surface area (Å²) in [5, 5.41) is 3.33. The molecule has 1 saturated carbocycles. The van der Waals surface area contributed by atoms with Crippen molar-refractivity contribution in [1.29, 1.82) is 0 Å². The highest BCUT2D eigenvalue weighted by Gasteiger charge is 2.30. The molecular formula is C18H29Cl2N3O. The Bertz CT molecular complexity index is 535. The van der Waals surface area contributed by atoms with E-state index in [1.165, 1.54) is 24.1 Å². The smallest absolute Gasteiger partial charge is 0.237 e. The summed E-state index contributed by atoms with van der Waals surface area (Å²) in [6.07, 6.45) is 4.83. The molecule has 1 aliphatic heterocycles. The second-order valence-electron chi connectivity index (χ2n) is 6.81. The fourth-order valence-corrected chi connectivity index (χ4v) is 3.23. The summed E-state index contributed by atoms with van der Waals surface area (Å²) in [6.45, 7) is 2.38. The van der Waals surface area contributed by atoms with Crippen molar-refractivity contribution in [2.24, 2.45) is 5.92 Å². The van der Waals surface area contributed by atoms with Crippen LogP contribution in [0, 0.1) is 5.92 Å². The normalized spacial score (nSPS) is 19.4. The minimum Gasteiger partial charge on any atom is -0.378 e. The van der Waals surface area contributed by atoms with E-state index >= 15 is 0 Å². The van der Waals surface area contributed by atoms with Crippen molar-refractivity contribution in [2.45, 2.75) is 31.7 Å². The minimum absolute atomic E-state index is 0. The molecule has 2 fully saturated rings. The van der Waals surface area contributed by atoms with Crippen LogP contribution in [0.25, 0.3) is 0 Å². The summed E-state index contributed by atoms with van der Waals surface area (Å²) in [5.74, 6) is 1.07. The van der Waals surface area contributed by atoms with Crippen molar-refractivity contribution in [3.63, 3.8) is 0 Å². The predicted molar refractivity (Wildman–Crippen MR) is 105 cm³/mol. The molecule has 0 aromatic heterocycles. The van der Waals surface area contributed by atoms with Gasteiger partial charge >= 0.3 is 0 Å². The van der Waals surface area contributed by atoms with Crippen molar-refractivity contribution in [1.82, 2.24) is 10.2 Å². The number of amides is 1. The molecule has 0 spiro atoms. The van der Waals surface area contributed by atoms with E-state index in [0.717, 1.165) is 31.8 Å². The number of anilines is 1. The Balaban J connectivity index is 0.00000144. The van der Waals surface area contributed by atoms with Crippen molar-refractivity contribution < 1.29 is 4.79 Å². The van der Waals surface area contributed by atoms with Gasteiger partial charge in [-0.1, -0.05) is 12.1 Å². The molecule has 1 aliphatic carbocycles. The number of carbonyl (C=O) groups is 1. The molecule has 1 heterocycles. The van der Waals surface area contributed by atoms with Gasteiger partial charge in [-0.2, -0.15) is 0 Å². The van der Waals surface area contributed by atoms with Crippen LogP contribution in [-0.2, 0) is 4.79 Å². The van der Waals surface area contributed by atoms with Crippen molar-refractivity contribution in [3.05, 3.63) is 29.8 Å². The van der Waals surface area contributed by atoms with Gasteiger partial charge < -0.3 is 15.1 Å². The molecule has 1 N–H and O–H groups in total. The van der Waals surface area contributed by atoms with Crippen molar-refractivity contribution in [2.75, 3.05) is 38.6 Å². The second kappa shape index (κ2) is 9.50. The van der Waals surface area contributed by atoms with Crippen LogP contribution >= 0.6 is 24.8 Å². The Morgan fingerprint density at radius 2 is 2.00 bits per heavy atom. The summed E-state index contributed by atoms with van der Waals surface area (Å²) >= 11 is 0. The van der Waals surface area contributed by atoms with Gasteiger partial charge in [-0.05, 0) is 55.8 Å². The van der Waals surface area contributed by atoms with E-state index in [1.807, 2.05) is 0 Å². The standard InChI is InChI=1S/C18H27N3O.2ClH/c1-20(2)16-6-3-5-15(11-16)17-7-4-10-21(17)18(22)13-19-12-14-8-9-14;;/h3,5-6,11,14,17,19H,4,7-10,12-13H2,1-2H3;2*1H. The van der Waals surface area contributed by atoms with Gasteiger partial charge in [0.1, 0.15) is 0 Å². The quantitative estimate of drug-likeness (QED) is 0.830. The molecule has 0 bridgehead atoms. The number of likely N-dealkylation sites (tertiary alicyclic amines) is 1. The number of carbonyl (C=O) groups excluding carboxylic acids is 1. The number of rotatable bonds is 6. The molecule has 1 unspecified atom stereocenters. The lowest BCUT2D eigenvalue weighted by Crippen LogP contribution is -2.38. The average molecular weight is 374 g/mol. The molecule has 2 aliphatic rings. The molecule has 1 atom stereocenters. The number of hydrogen-bond acceptors (Lipinski definition) is 3. The van der Waals surface area contributed by atoms with Gasteiger partial charge in [0.05, 0.1) is 12.6 Å². The van der Waals surface area contributed by atoms with E-state index < -0.39 is 0 Å². The molecule has 0 radical (unpaired) electrons. The lowest BCUT2D eigenvalue weighted by molar-refractivity contribution is -0.131. The highest BCUT2D eigenvalue weighted by molar-refractivity contribution is 5.85. The molecule has 1 aromatic carbocycles. The maximum atomic E-state index is 12.5. The minimum atomic E-state index is 0. The molecule has 136 valence electrons. The van der Waals surface area contributed by atoms with E-state index in [2.05, 4.69) is 53.5 Å². The third-order valence-corrected chi connectivity index (χ3v) is 4.75. The number of halogens is 2. The first kappa shape index (κ1) is 21.1. The largest absolute Gasteiger partial charge is 0.378 e. The Morgan fingerprint density at radius 1 is 1.25 bits per heavy atom. The third kappa shape index (κ3) is 5.27. The number of benzene rings is 1. The zero-order valence-electron chi connectivity index (χ0n) is 14.5. The van der Waals surface area contributed by atoms with E-state index in [-0.39, 0.29) is 36.8 Å². The van der Waals surface area contributed by atoms with Crippen molar-refractivity contribution >= 4 is 36.4 Å². The zero-order chi connectivity index (χ0) is 15.5. The molecule has 1 saturated heterocycles. The van der Waals surface area contributed by atoms with Crippen LogP contribution in [0.3, 0.4) is 0 Å². The van der Waals surface area contributed by atoms with Crippen LogP contribution in [0.1, 0.15) is 37.3 Å². The first-order valence-electron chi connectivity index (χ1n) is 8.42. The topological polar surface area (TPSA) is 35.6 Å². The molecular weight excluding hydrogens is 345 g/mol. The monoisotopic (exact) mass is 373 g/mol. The highest BCUT2D eigenvalue weighted by Crippen LogP contribution is 2.33. The molecule has 1 amide bonds. The first-order valence-corrected chi connectivity index (χ1v) is 8.42. The summed E-state index contributed by atoms with van der Waals surface area (Å²) in [5.41, 5.74) is 2.46. The van der Waals surface area contributed by atoms with Crippen molar-refractivity contribution in [3.8, 4) is 0 Å². The van der Waals surface area contributed by atoms with Crippen LogP contribution in [0.5, 0.6) is 0 Å². The van der Waals surface area contributed by atoms with Gasteiger partial charge in [0.15, 0.2) is 0 Å². The van der Waals surface area contributed by atoms with Gasteiger partial charge in [0.25, 0.3) is 0 Å². The van der Waals surface area contributed by atoms with E-state index in [4.69, 9.17) is 0 Å². The Morgan fingerprint density at radius 3 is 2.67 bits per heavy atom. The third-order valence-electron chi connectivity index (χ3n) is 4.75. The highest BCUT2D eigenvalue weighted by atomic mass is 35.5. The number of nitrogens with one attached hydrogen (secondary N) is 1.